The predicted molar refractivity (Wildman–Crippen MR) is 97.4 cm³/mol. The molecule has 1 N–H and O–H groups in total. The molecule has 3 unspecified atom stereocenters. The third kappa shape index (κ3) is 4.02. The van der Waals surface area contributed by atoms with Gasteiger partial charge >= 0.3 is 0 Å². The summed E-state index contributed by atoms with van der Waals surface area (Å²) >= 11 is 13.0. The average molecular weight is 393 g/mol. The topological polar surface area (TPSA) is 28.7 Å². The van der Waals surface area contributed by atoms with Gasteiger partial charge < -0.3 is 4.98 Å². The second kappa shape index (κ2) is 7.16. The molecule has 2 nitrogen and oxygen atoms in total. The molecule has 6 heteroatoms. The summed E-state index contributed by atoms with van der Waals surface area (Å²) < 4.78 is 1.64. The maximum atomic E-state index is 5.41. The van der Waals surface area contributed by atoms with E-state index >= 15 is 0 Å². The fourth-order valence-corrected chi connectivity index (χ4v) is 5.59. The van der Waals surface area contributed by atoms with E-state index in [2.05, 4.69) is 53.6 Å². The molecule has 0 aromatic carbocycles. The molecule has 1 saturated heterocycles. The summed E-state index contributed by atoms with van der Waals surface area (Å²) in [5, 5.41) is 1.79. The number of nitrogens with zero attached hydrogens (tertiary/aromatic N) is 1. The van der Waals surface area contributed by atoms with Crippen LogP contribution in [0.1, 0.15) is 44.5 Å². The lowest BCUT2D eigenvalue weighted by Gasteiger charge is -2.31. The Labute approximate surface area is 143 Å². The first kappa shape index (κ1) is 16.8. The Morgan fingerprint density at radius 3 is 2.70 bits per heavy atom. The van der Waals surface area contributed by atoms with Crippen molar-refractivity contribution in [2.75, 3.05) is 5.75 Å². The number of halogens is 1. The zero-order chi connectivity index (χ0) is 14.9. The summed E-state index contributed by atoms with van der Waals surface area (Å²) in [5.74, 6) is 2.75. The quantitative estimate of drug-likeness (QED) is 0.697. The number of thioether (sulfide) groups is 2. The second-order valence-corrected chi connectivity index (χ2v) is 9.86. The van der Waals surface area contributed by atoms with Crippen LogP contribution in [0.15, 0.2) is 4.47 Å². The van der Waals surface area contributed by atoms with Gasteiger partial charge in [0.1, 0.15) is 10.5 Å². The first-order chi connectivity index (χ1) is 9.38. The molecule has 1 fully saturated rings. The smallest absolute Gasteiger partial charge is 0.144 e. The summed E-state index contributed by atoms with van der Waals surface area (Å²) in [6.07, 6.45) is 0.996. The predicted octanol–water partition coefficient (Wildman–Crippen LogP) is 5.40. The molecule has 1 aliphatic rings. The fourth-order valence-electron chi connectivity index (χ4n) is 2.15. The van der Waals surface area contributed by atoms with Gasteiger partial charge in [-0.25, -0.2) is 4.98 Å². The highest BCUT2D eigenvalue weighted by Gasteiger charge is 2.28. The number of hydrogen-bond acceptors (Lipinski definition) is 4. The number of aromatic amines is 1. The molecule has 1 aromatic rings. The molecule has 1 aromatic heterocycles. The van der Waals surface area contributed by atoms with Gasteiger partial charge in [-0.1, -0.05) is 39.9 Å². The van der Waals surface area contributed by atoms with E-state index in [1.807, 2.05) is 23.5 Å². The van der Waals surface area contributed by atoms with Gasteiger partial charge in [0.2, 0.25) is 0 Å². The highest BCUT2D eigenvalue weighted by Crippen LogP contribution is 2.43. The second-order valence-electron chi connectivity index (χ2n) is 5.69. The maximum Gasteiger partial charge on any atom is 0.144 e. The third-order valence-electron chi connectivity index (χ3n) is 3.42. The van der Waals surface area contributed by atoms with Crippen molar-refractivity contribution >= 4 is 51.7 Å². The van der Waals surface area contributed by atoms with E-state index in [9.17, 15) is 0 Å². The minimum atomic E-state index is 0.423. The molecule has 0 spiro atoms. The van der Waals surface area contributed by atoms with Crippen LogP contribution in [-0.4, -0.2) is 26.2 Å². The van der Waals surface area contributed by atoms with Crippen molar-refractivity contribution in [3.63, 3.8) is 0 Å². The largest absolute Gasteiger partial charge is 0.345 e. The van der Waals surface area contributed by atoms with Crippen molar-refractivity contribution in [1.82, 2.24) is 9.97 Å². The van der Waals surface area contributed by atoms with Crippen LogP contribution in [0.4, 0.5) is 0 Å². The maximum absolute atomic E-state index is 5.41. The van der Waals surface area contributed by atoms with Gasteiger partial charge in [-0.05, 0) is 28.3 Å². The minimum absolute atomic E-state index is 0.423. The van der Waals surface area contributed by atoms with E-state index < -0.39 is 0 Å². The fraction of sp³-hybridized carbons (Fsp3) is 0.714. The zero-order valence-electron chi connectivity index (χ0n) is 12.3. The van der Waals surface area contributed by atoms with Crippen LogP contribution in [0.2, 0.25) is 0 Å². The van der Waals surface area contributed by atoms with Crippen molar-refractivity contribution in [2.24, 2.45) is 5.92 Å². The minimum Gasteiger partial charge on any atom is -0.345 e. The lowest BCUT2D eigenvalue weighted by Crippen LogP contribution is -2.23. The van der Waals surface area contributed by atoms with Gasteiger partial charge in [-0.15, -0.1) is 11.8 Å². The van der Waals surface area contributed by atoms with Crippen LogP contribution in [0.3, 0.4) is 0 Å². The third-order valence-corrected chi connectivity index (χ3v) is 8.23. The Morgan fingerprint density at radius 1 is 1.40 bits per heavy atom. The van der Waals surface area contributed by atoms with E-state index in [-0.39, 0.29) is 0 Å². The van der Waals surface area contributed by atoms with Gasteiger partial charge in [-0.3, -0.25) is 0 Å². The van der Waals surface area contributed by atoms with E-state index in [0.717, 1.165) is 22.5 Å². The molecule has 0 bridgehead atoms. The molecule has 0 saturated carbocycles. The normalized spacial score (nSPS) is 27.0. The van der Waals surface area contributed by atoms with E-state index in [1.54, 1.807) is 0 Å². The molecule has 112 valence electrons. The van der Waals surface area contributed by atoms with Gasteiger partial charge in [0.25, 0.3) is 0 Å². The van der Waals surface area contributed by atoms with Crippen LogP contribution in [-0.2, 0) is 6.42 Å². The first-order valence-electron chi connectivity index (χ1n) is 6.94. The highest BCUT2D eigenvalue weighted by atomic mass is 79.9. The molecule has 0 aliphatic carbocycles. The SMILES string of the molecule is CC(C)Cc1[nH]c(C2CSC(C)C(C)S2)nc(=S)c1Br. The lowest BCUT2D eigenvalue weighted by atomic mass is 10.1. The molecule has 20 heavy (non-hydrogen) atoms. The van der Waals surface area contributed by atoms with E-state index in [0.29, 0.717) is 26.3 Å². The van der Waals surface area contributed by atoms with Crippen molar-refractivity contribution in [1.29, 1.82) is 0 Å². The Hall–Kier alpha value is 0.480. The number of hydrogen-bond donors (Lipinski definition) is 1. The Balaban J connectivity index is 2.28. The van der Waals surface area contributed by atoms with Crippen LogP contribution in [0.5, 0.6) is 0 Å². The zero-order valence-corrected chi connectivity index (χ0v) is 16.3. The first-order valence-corrected chi connectivity index (χ1v) is 10.1. The van der Waals surface area contributed by atoms with Crippen LogP contribution in [0, 0.1) is 10.6 Å². The van der Waals surface area contributed by atoms with E-state index in [1.165, 1.54) is 5.69 Å². The highest BCUT2D eigenvalue weighted by molar-refractivity contribution is 9.10. The lowest BCUT2D eigenvalue weighted by molar-refractivity contribution is 0.627. The summed E-state index contributed by atoms with van der Waals surface area (Å²) in [6.45, 7) is 9.05. The Kier molecular flexibility index (Phi) is 6.03. The summed E-state index contributed by atoms with van der Waals surface area (Å²) in [7, 11) is 0. The monoisotopic (exact) mass is 392 g/mol. The van der Waals surface area contributed by atoms with E-state index in [4.69, 9.17) is 12.2 Å². The molecule has 0 radical (unpaired) electrons. The van der Waals surface area contributed by atoms with Gasteiger partial charge in [0.15, 0.2) is 0 Å². The van der Waals surface area contributed by atoms with Crippen molar-refractivity contribution in [3.8, 4) is 0 Å². The molecule has 2 rings (SSSR count). The van der Waals surface area contributed by atoms with Gasteiger partial charge in [-0.2, -0.15) is 11.8 Å². The number of aromatic nitrogens is 2. The Bertz CT molecular complexity index is 530. The van der Waals surface area contributed by atoms with Crippen LogP contribution in [0.25, 0.3) is 0 Å². The number of nitrogens with one attached hydrogen (secondary N) is 1. The molecule has 1 aliphatic heterocycles. The molecular formula is C14H21BrN2S3. The van der Waals surface area contributed by atoms with Crippen molar-refractivity contribution in [3.05, 3.63) is 20.6 Å². The standard InChI is InChI=1S/C14H21BrN2S3/c1-7(2)5-10-12(15)14(18)17-13(16-10)11-6-19-8(3)9(4)20-11/h7-9,11H,5-6H2,1-4H3,(H,16,17,18). The van der Waals surface area contributed by atoms with Crippen molar-refractivity contribution in [2.45, 2.75) is 49.9 Å². The number of rotatable bonds is 3. The molecule has 3 atom stereocenters. The number of H-pyrrole nitrogens is 1. The average Bonchev–Trinajstić information content (AvgIpc) is 2.37. The van der Waals surface area contributed by atoms with Gasteiger partial charge in [0.05, 0.1) is 9.72 Å². The van der Waals surface area contributed by atoms with Crippen LogP contribution >= 0.6 is 51.7 Å². The summed E-state index contributed by atoms with van der Waals surface area (Å²) in [4.78, 5) is 8.13. The molecule has 0 amide bonds. The van der Waals surface area contributed by atoms with Gasteiger partial charge in [0, 0.05) is 21.9 Å². The summed E-state index contributed by atoms with van der Waals surface area (Å²) in [5.41, 5.74) is 1.19. The Morgan fingerprint density at radius 2 is 2.10 bits per heavy atom. The summed E-state index contributed by atoms with van der Waals surface area (Å²) in [6, 6.07) is 0. The van der Waals surface area contributed by atoms with Crippen LogP contribution < -0.4 is 0 Å². The van der Waals surface area contributed by atoms with Crippen molar-refractivity contribution < 1.29 is 0 Å². The molecular weight excluding hydrogens is 372 g/mol. The molecule has 2 heterocycles.